The van der Waals surface area contributed by atoms with Gasteiger partial charge in [-0.15, -0.1) is 5.10 Å². The van der Waals surface area contributed by atoms with Crippen molar-refractivity contribution < 1.29 is 9.32 Å². The number of nitrogens with two attached hydrogens (primary N) is 1. The fraction of sp³-hybridized carbons (Fsp3) is 0.500. The van der Waals surface area contributed by atoms with E-state index in [0.29, 0.717) is 28.6 Å². The van der Waals surface area contributed by atoms with E-state index in [0.717, 1.165) is 32.4 Å². The van der Waals surface area contributed by atoms with E-state index in [-0.39, 0.29) is 22.6 Å². The molecule has 0 bridgehead atoms. The van der Waals surface area contributed by atoms with Crippen molar-refractivity contribution in [2.75, 3.05) is 30.0 Å². The summed E-state index contributed by atoms with van der Waals surface area (Å²) in [7, 11) is -2.90. The van der Waals surface area contributed by atoms with Crippen molar-refractivity contribution in [3.05, 3.63) is 34.1 Å². The second kappa shape index (κ2) is 7.91. The third-order valence-corrected chi connectivity index (χ3v) is 7.36. The van der Waals surface area contributed by atoms with Gasteiger partial charge in [-0.05, 0) is 42.9 Å². The highest BCUT2D eigenvalue weighted by Crippen LogP contribution is 2.35. The van der Waals surface area contributed by atoms with Gasteiger partial charge in [0.05, 0.1) is 20.3 Å². The van der Waals surface area contributed by atoms with Crippen LogP contribution in [-0.2, 0) is 16.3 Å². The summed E-state index contributed by atoms with van der Waals surface area (Å²) in [6.07, 6.45) is 4.18. The molecule has 172 valence electrons. The molecule has 32 heavy (non-hydrogen) atoms. The number of benzene rings is 1. The van der Waals surface area contributed by atoms with Gasteiger partial charge in [0, 0.05) is 31.6 Å². The number of hydrogen-bond acceptors (Lipinski definition) is 8. The maximum Gasteiger partial charge on any atom is 0.281 e. The average molecular weight is 459 g/mol. The molecule has 1 fully saturated rings. The molecule has 0 aliphatic carbocycles. The lowest BCUT2D eigenvalue weighted by molar-refractivity contribution is 0.334. The molecule has 2 aliphatic heterocycles. The van der Waals surface area contributed by atoms with Gasteiger partial charge in [-0.2, -0.15) is 4.36 Å². The van der Waals surface area contributed by atoms with Crippen molar-refractivity contribution in [3.63, 3.8) is 0 Å². The molecule has 1 saturated heterocycles. The van der Waals surface area contributed by atoms with Crippen molar-refractivity contribution in [2.24, 2.45) is 14.8 Å². The molecule has 2 aromatic rings. The predicted molar refractivity (Wildman–Crippen MR) is 127 cm³/mol. The van der Waals surface area contributed by atoms with Crippen LogP contribution >= 0.6 is 0 Å². The number of rotatable bonds is 4. The summed E-state index contributed by atoms with van der Waals surface area (Å²) in [5, 5.41) is 15.6. The maximum atomic E-state index is 13.4. The van der Waals surface area contributed by atoms with Gasteiger partial charge in [0.15, 0.2) is 17.4 Å². The topological polar surface area (TPSA) is 126 Å². The Balaban J connectivity index is 1.92. The van der Waals surface area contributed by atoms with Crippen molar-refractivity contribution in [1.29, 1.82) is 0 Å². The second-order valence-corrected chi connectivity index (χ2v) is 11.9. The smallest absolute Gasteiger partial charge is 0.281 e. The molecule has 9 nitrogen and oxygen atoms in total. The van der Waals surface area contributed by atoms with E-state index < -0.39 is 15.3 Å². The van der Waals surface area contributed by atoms with E-state index in [2.05, 4.69) is 35.2 Å². The number of nitrogen functional groups attached to an aromatic ring is 1. The van der Waals surface area contributed by atoms with Gasteiger partial charge in [-0.1, -0.05) is 20.8 Å². The van der Waals surface area contributed by atoms with Crippen molar-refractivity contribution >= 4 is 32.8 Å². The Morgan fingerprint density at radius 1 is 1.22 bits per heavy atom. The molecule has 0 radical (unpaired) electrons. The lowest BCUT2D eigenvalue weighted by Crippen LogP contribution is -2.33. The summed E-state index contributed by atoms with van der Waals surface area (Å²) in [5.74, 6) is 0.0414. The number of aromatic nitrogens is 2. The van der Waals surface area contributed by atoms with Gasteiger partial charge in [0.25, 0.3) is 5.56 Å². The number of aliphatic imine (C=N–C) groups is 1. The largest absolute Gasteiger partial charge is 0.504 e. The Morgan fingerprint density at radius 3 is 2.56 bits per heavy atom. The van der Waals surface area contributed by atoms with E-state index in [1.165, 1.54) is 10.9 Å². The molecule has 1 atom stereocenters. The fourth-order valence-electron chi connectivity index (χ4n) is 3.86. The number of hydrogen-bond donors (Lipinski definition) is 2. The molecule has 1 aromatic heterocycles. The quantitative estimate of drug-likeness (QED) is 0.678. The first-order valence-electron chi connectivity index (χ1n) is 10.8. The van der Waals surface area contributed by atoms with E-state index in [4.69, 9.17) is 5.73 Å². The van der Waals surface area contributed by atoms with E-state index >= 15 is 0 Å². The van der Waals surface area contributed by atoms with Crippen LogP contribution in [0, 0.1) is 5.41 Å². The molecule has 10 heteroatoms. The number of anilines is 2. The van der Waals surface area contributed by atoms with Crippen molar-refractivity contribution in [3.8, 4) is 5.75 Å². The molecular weight excluding hydrogens is 428 g/mol. The molecule has 0 saturated carbocycles. The summed E-state index contributed by atoms with van der Waals surface area (Å²) < 4.78 is 19.0. The van der Waals surface area contributed by atoms with Gasteiger partial charge in [-0.3, -0.25) is 4.79 Å². The minimum absolute atomic E-state index is 0.00365. The third-order valence-electron chi connectivity index (χ3n) is 5.69. The molecule has 3 N–H and O–H groups in total. The first-order chi connectivity index (χ1) is 15.0. The average Bonchev–Trinajstić information content (AvgIpc) is 3.21. The van der Waals surface area contributed by atoms with Crippen LogP contribution in [0.1, 0.15) is 45.6 Å². The van der Waals surface area contributed by atoms with Crippen molar-refractivity contribution in [2.45, 2.75) is 51.5 Å². The van der Waals surface area contributed by atoms with E-state index in [1.807, 2.05) is 4.90 Å². The highest BCUT2D eigenvalue weighted by molar-refractivity contribution is 7.93. The predicted octanol–water partition coefficient (Wildman–Crippen LogP) is 3.12. The summed E-state index contributed by atoms with van der Waals surface area (Å²) >= 11 is 0. The standard InChI is InChI=1S/C22H30N6O3S/c1-22(2,3)9-12-28-21(30)17(18(29)20(25-28)27-10-5-6-11-27)19-24-15-8-7-14(23)13-16(15)32(4,31)26-19/h7-8,13,29H,5-6,9-12,23H2,1-4H3. The zero-order valence-electron chi connectivity index (χ0n) is 19.0. The van der Waals surface area contributed by atoms with Gasteiger partial charge in [0.1, 0.15) is 5.56 Å². The van der Waals surface area contributed by atoms with Crippen molar-refractivity contribution in [1.82, 2.24) is 9.78 Å². The Morgan fingerprint density at radius 2 is 1.91 bits per heavy atom. The van der Waals surface area contributed by atoms with Crippen LogP contribution < -0.4 is 16.2 Å². The first-order valence-corrected chi connectivity index (χ1v) is 12.7. The summed E-state index contributed by atoms with van der Waals surface area (Å²) in [4.78, 5) is 20.3. The van der Waals surface area contributed by atoms with Crippen LogP contribution in [0.5, 0.6) is 5.75 Å². The molecule has 3 heterocycles. The number of aryl methyl sites for hydroxylation is 1. The molecule has 0 spiro atoms. The lowest BCUT2D eigenvalue weighted by atomic mass is 9.92. The Hall–Kier alpha value is -2.88. The van der Waals surface area contributed by atoms with Gasteiger partial charge in [-0.25, -0.2) is 13.9 Å². The first kappa shape index (κ1) is 22.3. The van der Waals surface area contributed by atoms with E-state index in [1.54, 1.807) is 18.2 Å². The summed E-state index contributed by atoms with van der Waals surface area (Å²) in [6.45, 7) is 8.16. The second-order valence-electron chi connectivity index (χ2n) is 9.64. The summed E-state index contributed by atoms with van der Waals surface area (Å²) in [6, 6.07) is 4.90. The molecular formula is C22H30N6O3S. The van der Waals surface area contributed by atoms with Gasteiger partial charge >= 0.3 is 0 Å². The lowest BCUT2D eigenvalue weighted by Gasteiger charge is -2.23. The zero-order valence-corrected chi connectivity index (χ0v) is 19.8. The Bertz CT molecular complexity index is 1280. The summed E-state index contributed by atoms with van der Waals surface area (Å²) in [5.41, 5.74) is 6.18. The van der Waals surface area contributed by atoms with Crippen LogP contribution in [0.2, 0.25) is 0 Å². The molecule has 1 aromatic carbocycles. The molecule has 4 rings (SSSR count). The highest BCUT2D eigenvalue weighted by atomic mass is 32.2. The number of aromatic hydroxyl groups is 1. The Labute approximate surface area is 188 Å². The zero-order chi connectivity index (χ0) is 23.3. The normalized spacial score (nSPS) is 20.6. The SMILES string of the molecule is CC(C)(C)CCn1nc(N2CCCC2)c(O)c(C2=Nc3ccc(N)cc3S(C)(=O)=N2)c1=O. The van der Waals surface area contributed by atoms with Crippen LogP contribution in [-0.4, -0.2) is 44.3 Å². The fourth-order valence-corrected chi connectivity index (χ4v) is 5.28. The number of fused-ring (bicyclic) bond motifs is 1. The van der Waals surface area contributed by atoms with Crippen LogP contribution in [0.3, 0.4) is 0 Å². The van der Waals surface area contributed by atoms with Crippen LogP contribution in [0.25, 0.3) is 0 Å². The van der Waals surface area contributed by atoms with Crippen LogP contribution in [0.4, 0.5) is 17.2 Å². The molecule has 1 unspecified atom stereocenters. The number of amidine groups is 1. The molecule has 2 aliphatic rings. The third kappa shape index (κ3) is 4.23. The Kier molecular flexibility index (Phi) is 5.52. The monoisotopic (exact) mass is 458 g/mol. The minimum atomic E-state index is -2.90. The van der Waals surface area contributed by atoms with Gasteiger partial charge < -0.3 is 15.7 Å². The minimum Gasteiger partial charge on any atom is -0.504 e. The van der Waals surface area contributed by atoms with E-state index in [9.17, 15) is 14.1 Å². The highest BCUT2D eigenvalue weighted by Gasteiger charge is 2.29. The maximum absolute atomic E-state index is 13.4. The van der Waals surface area contributed by atoms with Gasteiger partial charge in [0.2, 0.25) is 0 Å². The number of nitrogens with zero attached hydrogens (tertiary/aromatic N) is 5. The molecule has 0 amide bonds. The van der Waals surface area contributed by atoms with Crippen LogP contribution in [0.15, 0.2) is 37.2 Å².